The lowest BCUT2D eigenvalue weighted by molar-refractivity contribution is -0.138. The molecule has 0 unspecified atom stereocenters. The van der Waals surface area contributed by atoms with Gasteiger partial charge in [0, 0.05) is 0 Å². The van der Waals surface area contributed by atoms with Gasteiger partial charge in [0.1, 0.15) is 0 Å². The molecule has 0 spiro atoms. The molecule has 1 fully saturated rings. The van der Waals surface area contributed by atoms with Crippen LogP contribution in [0.4, 0.5) is 0 Å². The van der Waals surface area contributed by atoms with Gasteiger partial charge in [-0.2, -0.15) is 0 Å². The number of benzene rings is 1. The summed E-state index contributed by atoms with van der Waals surface area (Å²) in [5.41, 5.74) is 0.914. The topological polar surface area (TPSA) is 65.0 Å². The van der Waals surface area contributed by atoms with Gasteiger partial charge in [-0.3, -0.25) is 4.79 Å². The van der Waals surface area contributed by atoms with Crippen molar-refractivity contribution in [2.45, 2.75) is 12.3 Å². The Morgan fingerprint density at radius 1 is 1.17 bits per heavy atom. The Bertz CT molecular complexity index is 443. The van der Waals surface area contributed by atoms with Crippen LogP contribution in [-0.4, -0.2) is 32.4 Å². The van der Waals surface area contributed by atoms with Gasteiger partial charge >= 0.3 is 5.97 Å². The van der Waals surface area contributed by atoms with E-state index >= 15 is 0 Å². The number of aliphatic carboxylic acids is 1. The van der Waals surface area contributed by atoms with Gasteiger partial charge < -0.3 is 19.3 Å². The van der Waals surface area contributed by atoms with E-state index in [9.17, 15) is 4.79 Å². The molecule has 2 rings (SSSR count). The van der Waals surface area contributed by atoms with E-state index in [1.807, 2.05) is 12.1 Å². The molecule has 1 aromatic rings. The van der Waals surface area contributed by atoms with E-state index in [1.165, 1.54) is 7.11 Å². The fourth-order valence-corrected chi connectivity index (χ4v) is 2.15. The molecule has 1 aromatic carbocycles. The van der Waals surface area contributed by atoms with Crippen LogP contribution < -0.4 is 14.2 Å². The average molecular weight is 252 g/mol. The second-order valence-electron chi connectivity index (χ2n) is 4.25. The van der Waals surface area contributed by atoms with Crippen molar-refractivity contribution in [1.29, 1.82) is 0 Å². The molecule has 1 N–H and O–H groups in total. The summed E-state index contributed by atoms with van der Waals surface area (Å²) < 4.78 is 15.7. The Morgan fingerprint density at radius 2 is 1.72 bits per heavy atom. The Kier molecular flexibility index (Phi) is 3.32. The van der Waals surface area contributed by atoms with Crippen LogP contribution in [0.3, 0.4) is 0 Å². The SMILES string of the molecule is COc1cc([C@@H]2C[C@H]2C(=O)O)cc(OC)c1OC. The zero-order chi connectivity index (χ0) is 13.3. The molecule has 0 saturated heterocycles. The molecule has 0 aromatic heterocycles. The van der Waals surface area contributed by atoms with Crippen LogP contribution >= 0.6 is 0 Å². The normalized spacial score (nSPS) is 21.3. The summed E-state index contributed by atoms with van der Waals surface area (Å²) >= 11 is 0. The zero-order valence-corrected chi connectivity index (χ0v) is 10.6. The summed E-state index contributed by atoms with van der Waals surface area (Å²) in [7, 11) is 4.63. The van der Waals surface area contributed by atoms with Gasteiger partial charge in [-0.1, -0.05) is 0 Å². The summed E-state index contributed by atoms with van der Waals surface area (Å²) in [5.74, 6) is 0.625. The molecule has 0 aliphatic heterocycles. The molecule has 0 amide bonds. The quantitative estimate of drug-likeness (QED) is 0.867. The monoisotopic (exact) mass is 252 g/mol. The van der Waals surface area contributed by atoms with E-state index in [0.717, 1.165) is 5.56 Å². The molecule has 1 aliphatic rings. The van der Waals surface area contributed by atoms with E-state index in [-0.39, 0.29) is 11.8 Å². The highest BCUT2D eigenvalue weighted by Crippen LogP contribution is 2.51. The highest BCUT2D eigenvalue weighted by molar-refractivity contribution is 5.75. The van der Waals surface area contributed by atoms with E-state index in [0.29, 0.717) is 23.7 Å². The zero-order valence-electron chi connectivity index (χ0n) is 10.6. The van der Waals surface area contributed by atoms with Gasteiger partial charge in [-0.15, -0.1) is 0 Å². The van der Waals surface area contributed by atoms with Crippen LogP contribution in [0.2, 0.25) is 0 Å². The minimum absolute atomic E-state index is 0.0382. The molecule has 5 heteroatoms. The van der Waals surface area contributed by atoms with Crippen molar-refractivity contribution in [3.05, 3.63) is 17.7 Å². The number of hydrogen-bond acceptors (Lipinski definition) is 4. The molecule has 98 valence electrons. The van der Waals surface area contributed by atoms with E-state index in [2.05, 4.69) is 0 Å². The van der Waals surface area contributed by atoms with Crippen molar-refractivity contribution in [2.24, 2.45) is 5.92 Å². The number of hydrogen-bond donors (Lipinski definition) is 1. The van der Waals surface area contributed by atoms with Crippen LogP contribution in [0, 0.1) is 5.92 Å². The van der Waals surface area contributed by atoms with Gasteiger partial charge in [-0.25, -0.2) is 0 Å². The largest absolute Gasteiger partial charge is 0.493 e. The number of rotatable bonds is 5. The summed E-state index contributed by atoms with van der Waals surface area (Å²) in [4.78, 5) is 10.9. The number of carboxylic acids is 1. The van der Waals surface area contributed by atoms with Gasteiger partial charge in [0.25, 0.3) is 0 Å². The fourth-order valence-electron chi connectivity index (χ4n) is 2.15. The van der Waals surface area contributed by atoms with Crippen LogP contribution in [0.15, 0.2) is 12.1 Å². The van der Waals surface area contributed by atoms with Crippen molar-refractivity contribution >= 4 is 5.97 Å². The lowest BCUT2D eigenvalue weighted by Crippen LogP contribution is -2.00. The molecule has 1 aliphatic carbocycles. The molecule has 0 heterocycles. The molecule has 2 atom stereocenters. The third-order valence-electron chi connectivity index (χ3n) is 3.22. The molecular weight excluding hydrogens is 236 g/mol. The molecule has 18 heavy (non-hydrogen) atoms. The lowest BCUT2D eigenvalue weighted by atomic mass is 10.1. The Labute approximate surface area is 105 Å². The van der Waals surface area contributed by atoms with Crippen LogP contribution in [0.1, 0.15) is 17.9 Å². The molecule has 1 saturated carbocycles. The van der Waals surface area contributed by atoms with Gasteiger partial charge in [-0.05, 0) is 30.0 Å². The predicted molar refractivity (Wildman–Crippen MR) is 64.6 cm³/mol. The standard InChI is InChI=1S/C13H16O5/c1-16-10-4-7(8-6-9(8)13(14)15)5-11(17-2)12(10)18-3/h4-5,8-9H,6H2,1-3H3,(H,14,15)/t8-,9+/m0/s1. The molecule has 5 nitrogen and oxygen atoms in total. The first-order chi connectivity index (χ1) is 8.62. The second kappa shape index (κ2) is 4.76. The van der Waals surface area contributed by atoms with E-state index in [1.54, 1.807) is 14.2 Å². The van der Waals surface area contributed by atoms with Crippen molar-refractivity contribution in [3.8, 4) is 17.2 Å². The predicted octanol–water partition coefficient (Wildman–Crippen LogP) is 1.90. The van der Waals surface area contributed by atoms with Crippen molar-refractivity contribution in [1.82, 2.24) is 0 Å². The minimum atomic E-state index is -0.756. The summed E-state index contributed by atoms with van der Waals surface area (Å²) in [6.45, 7) is 0. The third kappa shape index (κ3) is 2.08. The number of carboxylic acid groups (broad SMARTS) is 1. The van der Waals surface area contributed by atoms with Crippen molar-refractivity contribution in [2.75, 3.05) is 21.3 Å². The maximum Gasteiger partial charge on any atom is 0.307 e. The highest BCUT2D eigenvalue weighted by Gasteiger charge is 2.44. The van der Waals surface area contributed by atoms with E-state index in [4.69, 9.17) is 19.3 Å². The summed E-state index contributed by atoms with van der Waals surface area (Å²) in [6, 6.07) is 3.63. The Morgan fingerprint density at radius 3 is 2.06 bits per heavy atom. The molecule has 0 bridgehead atoms. The Hall–Kier alpha value is -1.91. The smallest absolute Gasteiger partial charge is 0.307 e. The maximum atomic E-state index is 10.9. The average Bonchev–Trinajstić information content (AvgIpc) is 3.17. The minimum Gasteiger partial charge on any atom is -0.493 e. The second-order valence-corrected chi connectivity index (χ2v) is 4.25. The van der Waals surface area contributed by atoms with Crippen LogP contribution in [-0.2, 0) is 4.79 Å². The van der Waals surface area contributed by atoms with Crippen molar-refractivity contribution < 1.29 is 24.1 Å². The maximum absolute atomic E-state index is 10.9. The van der Waals surface area contributed by atoms with Crippen molar-refractivity contribution in [3.63, 3.8) is 0 Å². The first kappa shape index (κ1) is 12.5. The van der Waals surface area contributed by atoms with Crippen LogP contribution in [0.5, 0.6) is 17.2 Å². The lowest BCUT2D eigenvalue weighted by Gasteiger charge is -2.13. The molecule has 0 radical (unpaired) electrons. The Balaban J connectivity index is 2.36. The first-order valence-corrected chi connectivity index (χ1v) is 5.65. The number of methoxy groups -OCH3 is 3. The van der Waals surface area contributed by atoms with Gasteiger partial charge in [0.15, 0.2) is 11.5 Å². The van der Waals surface area contributed by atoms with Gasteiger partial charge in [0.05, 0.1) is 27.2 Å². The molecular formula is C13H16O5. The van der Waals surface area contributed by atoms with Crippen LogP contribution in [0.25, 0.3) is 0 Å². The highest BCUT2D eigenvalue weighted by atomic mass is 16.5. The van der Waals surface area contributed by atoms with E-state index < -0.39 is 5.97 Å². The number of carbonyl (C=O) groups is 1. The number of ether oxygens (including phenoxy) is 3. The fraction of sp³-hybridized carbons (Fsp3) is 0.462. The first-order valence-electron chi connectivity index (χ1n) is 5.65. The van der Waals surface area contributed by atoms with Gasteiger partial charge in [0.2, 0.25) is 5.75 Å². The third-order valence-corrected chi connectivity index (χ3v) is 3.22. The summed E-state index contributed by atoms with van der Waals surface area (Å²) in [6.07, 6.45) is 0.661. The summed E-state index contributed by atoms with van der Waals surface area (Å²) in [5, 5.41) is 8.95.